The van der Waals surface area contributed by atoms with Gasteiger partial charge in [0.05, 0.1) is 0 Å². The number of fused-ring (bicyclic) bond motifs is 5. The number of hydrogen-bond acceptors (Lipinski definition) is 2. The van der Waals surface area contributed by atoms with Crippen molar-refractivity contribution in [2.24, 2.45) is 46.3 Å². The van der Waals surface area contributed by atoms with Crippen molar-refractivity contribution in [2.75, 3.05) is 0 Å². The van der Waals surface area contributed by atoms with Gasteiger partial charge in [-0.25, -0.2) is 4.79 Å². The lowest BCUT2D eigenvalue weighted by molar-refractivity contribution is -0.145. The summed E-state index contributed by atoms with van der Waals surface area (Å²) in [6, 6.07) is 10.1. The van der Waals surface area contributed by atoms with E-state index in [0.29, 0.717) is 10.8 Å². The molecule has 4 aliphatic rings. The lowest BCUT2D eigenvalue weighted by Crippen LogP contribution is -2.51. The summed E-state index contributed by atoms with van der Waals surface area (Å²) in [5.74, 6) is 4.93. The molecule has 218 valence electrons. The first-order valence-electron chi connectivity index (χ1n) is 16.5. The van der Waals surface area contributed by atoms with E-state index in [0.717, 1.165) is 60.3 Å². The predicted molar refractivity (Wildman–Crippen MR) is 168 cm³/mol. The fraction of sp³-hybridized carbons (Fsp3) is 0.658. The molecule has 5 rings (SSSR count). The van der Waals surface area contributed by atoms with Crippen molar-refractivity contribution in [1.29, 1.82) is 0 Å². The van der Waals surface area contributed by atoms with Gasteiger partial charge in [0.2, 0.25) is 0 Å². The molecule has 0 aliphatic heterocycles. The fourth-order valence-electron chi connectivity index (χ4n) is 9.82. The number of carbonyl (C=O) groups is 1. The molecule has 3 fully saturated rings. The summed E-state index contributed by atoms with van der Waals surface area (Å²) in [4.78, 5) is 12.6. The van der Waals surface area contributed by atoms with Crippen LogP contribution in [-0.4, -0.2) is 12.1 Å². The highest BCUT2D eigenvalue weighted by Gasteiger charge is 2.59. The minimum Gasteiger partial charge on any atom is -0.459 e. The highest BCUT2D eigenvalue weighted by atomic mass is 16.5. The van der Waals surface area contributed by atoms with Crippen molar-refractivity contribution in [2.45, 2.75) is 111 Å². The van der Waals surface area contributed by atoms with Gasteiger partial charge in [-0.1, -0.05) is 114 Å². The fourth-order valence-corrected chi connectivity index (χ4v) is 9.82. The Morgan fingerprint density at radius 3 is 2.55 bits per heavy atom. The van der Waals surface area contributed by atoms with Gasteiger partial charge in [0, 0.05) is 12.5 Å². The van der Waals surface area contributed by atoms with Gasteiger partial charge in [0.1, 0.15) is 6.10 Å². The molecule has 8 atom stereocenters. The van der Waals surface area contributed by atoms with Crippen LogP contribution in [0.25, 0.3) is 6.08 Å². The molecule has 0 saturated heterocycles. The zero-order chi connectivity index (χ0) is 28.3. The summed E-state index contributed by atoms with van der Waals surface area (Å²) in [6.07, 6.45) is 24.1. The lowest BCUT2D eigenvalue weighted by Gasteiger charge is -2.58. The Kier molecular flexibility index (Phi) is 9.13. The van der Waals surface area contributed by atoms with Gasteiger partial charge < -0.3 is 4.74 Å². The zero-order valence-corrected chi connectivity index (χ0v) is 25.9. The quantitative estimate of drug-likeness (QED) is 0.134. The van der Waals surface area contributed by atoms with E-state index >= 15 is 0 Å². The van der Waals surface area contributed by atoms with Crippen LogP contribution in [0.15, 0.2) is 60.2 Å². The Labute approximate surface area is 244 Å². The largest absolute Gasteiger partial charge is 0.459 e. The molecule has 4 aliphatic carbocycles. The Morgan fingerprint density at radius 2 is 1.77 bits per heavy atom. The SMILES string of the molecule is CC(C)CCCC(C)C1CCC2C3CC=C4C[C@@H](OC(=O)C=CC=Cc5ccccc5)CC[C@]4(C)C3CC[C@]12C. The molecule has 1 aromatic carbocycles. The van der Waals surface area contributed by atoms with Crippen molar-refractivity contribution in [3.05, 3.63) is 65.8 Å². The molecule has 3 saturated carbocycles. The minimum absolute atomic E-state index is 0.0162. The van der Waals surface area contributed by atoms with E-state index in [9.17, 15) is 4.79 Å². The Hall–Kier alpha value is -2.09. The summed E-state index contributed by atoms with van der Waals surface area (Å²) in [5.41, 5.74) is 3.55. The van der Waals surface area contributed by atoms with E-state index in [1.165, 1.54) is 51.4 Å². The molecule has 40 heavy (non-hydrogen) atoms. The molecule has 2 heteroatoms. The second-order valence-corrected chi connectivity index (χ2v) is 14.7. The number of rotatable bonds is 9. The van der Waals surface area contributed by atoms with Gasteiger partial charge in [-0.05, 0) is 96.8 Å². The van der Waals surface area contributed by atoms with Crippen molar-refractivity contribution in [3.63, 3.8) is 0 Å². The van der Waals surface area contributed by atoms with E-state index in [-0.39, 0.29) is 12.1 Å². The monoisotopic (exact) mass is 542 g/mol. The molecule has 0 bridgehead atoms. The molecule has 2 nitrogen and oxygen atoms in total. The molecule has 0 N–H and O–H groups in total. The molecule has 0 aromatic heterocycles. The zero-order valence-electron chi connectivity index (χ0n) is 25.9. The minimum atomic E-state index is -0.214. The third-order valence-electron chi connectivity index (χ3n) is 12.0. The van der Waals surface area contributed by atoms with Crippen LogP contribution in [0.4, 0.5) is 0 Å². The predicted octanol–water partition coefficient (Wildman–Crippen LogP) is 10.2. The Morgan fingerprint density at radius 1 is 0.975 bits per heavy atom. The maximum Gasteiger partial charge on any atom is 0.331 e. The summed E-state index contributed by atoms with van der Waals surface area (Å²) >= 11 is 0. The van der Waals surface area contributed by atoms with E-state index in [1.54, 1.807) is 17.7 Å². The standard InChI is InChI=1S/C38H54O2/c1-27(2)12-11-13-28(3)33-20-21-34-32-19-18-30-26-31(22-24-37(30,4)35(32)23-25-38(33,34)5)40-36(39)17-10-9-16-29-14-7-6-8-15-29/h6-10,14-18,27-28,31-35H,11-13,19-26H2,1-5H3/t28?,31-,32?,33?,34?,35?,37-,38+/m0/s1. The molecular formula is C38H54O2. The van der Waals surface area contributed by atoms with E-state index in [2.05, 4.69) is 52.8 Å². The van der Waals surface area contributed by atoms with Gasteiger partial charge in [-0.15, -0.1) is 0 Å². The van der Waals surface area contributed by atoms with Crippen LogP contribution in [0.5, 0.6) is 0 Å². The van der Waals surface area contributed by atoms with Gasteiger partial charge in [-0.3, -0.25) is 0 Å². The van der Waals surface area contributed by atoms with E-state index in [1.807, 2.05) is 30.4 Å². The highest BCUT2D eigenvalue weighted by Crippen LogP contribution is 2.67. The molecule has 5 unspecified atom stereocenters. The van der Waals surface area contributed by atoms with Crippen LogP contribution >= 0.6 is 0 Å². The molecule has 0 radical (unpaired) electrons. The van der Waals surface area contributed by atoms with E-state index < -0.39 is 0 Å². The number of esters is 1. The van der Waals surface area contributed by atoms with Gasteiger partial charge >= 0.3 is 5.97 Å². The first kappa shape index (κ1) is 29.4. The second kappa shape index (κ2) is 12.4. The first-order valence-corrected chi connectivity index (χ1v) is 16.5. The summed E-state index contributed by atoms with van der Waals surface area (Å²) in [6.45, 7) is 12.5. The number of allylic oxidation sites excluding steroid dienone is 3. The van der Waals surface area contributed by atoms with Crippen LogP contribution in [0.1, 0.15) is 111 Å². The topological polar surface area (TPSA) is 26.3 Å². The molecule has 0 spiro atoms. The summed E-state index contributed by atoms with van der Waals surface area (Å²) in [5, 5.41) is 0. The van der Waals surface area contributed by atoms with Crippen molar-refractivity contribution in [3.8, 4) is 0 Å². The first-order chi connectivity index (χ1) is 19.2. The molecular weight excluding hydrogens is 488 g/mol. The van der Waals surface area contributed by atoms with Crippen LogP contribution in [0.2, 0.25) is 0 Å². The smallest absolute Gasteiger partial charge is 0.331 e. The average Bonchev–Trinajstić information content (AvgIpc) is 3.29. The number of carbonyl (C=O) groups excluding carboxylic acids is 1. The Bertz CT molecular complexity index is 1100. The average molecular weight is 543 g/mol. The number of benzene rings is 1. The van der Waals surface area contributed by atoms with Crippen molar-refractivity contribution in [1.82, 2.24) is 0 Å². The van der Waals surface area contributed by atoms with Crippen LogP contribution < -0.4 is 0 Å². The highest BCUT2D eigenvalue weighted by molar-refractivity contribution is 5.82. The van der Waals surface area contributed by atoms with Gasteiger partial charge in [0.25, 0.3) is 0 Å². The molecule has 0 heterocycles. The third-order valence-corrected chi connectivity index (χ3v) is 12.0. The second-order valence-electron chi connectivity index (χ2n) is 14.7. The lowest BCUT2D eigenvalue weighted by atomic mass is 9.47. The normalized spacial score (nSPS) is 36.2. The van der Waals surface area contributed by atoms with Crippen LogP contribution in [0, 0.1) is 46.3 Å². The number of hydrogen-bond donors (Lipinski definition) is 0. The van der Waals surface area contributed by atoms with Crippen molar-refractivity contribution >= 4 is 12.0 Å². The maximum atomic E-state index is 12.6. The molecule has 0 amide bonds. The van der Waals surface area contributed by atoms with E-state index in [4.69, 9.17) is 4.74 Å². The third kappa shape index (κ3) is 6.07. The summed E-state index contributed by atoms with van der Waals surface area (Å²) in [7, 11) is 0. The number of ether oxygens (including phenoxy) is 1. The van der Waals surface area contributed by atoms with Crippen LogP contribution in [0.3, 0.4) is 0 Å². The Balaban J connectivity index is 1.18. The maximum absolute atomic E-state index is 12.6. The van der Waals surface area contributed by atoms with Gasteiger partial charge in [-0.2, -0.15) is 0 Å². The summed E-state index contributed by atoms with van der Waals surface area (Å²) < 4.78 is 5.95. The van der Waals surface area contributed by atoms with Crippen LogP contribution in [-0.2, 0) is 9.53 Å². The molecule has 1 aromatic rings. The van der Waals surface area contributed by atoms with Crippen molar-refractivity contribution < 1.29 is 9.53 Å². The van der Waals surface area contributed by atoms with Gasteiger partial charge in [0.15, 0.2) is 0 Å².